The van der Waals surface area contributed by atoms with Gasteiger partial charge in [-0.2, -0.15) is 0 Å². The van der Waals surface area contributed by atoms with Crippen molar-refractivity contribution in [1.29, 1.82) is 0 Å². The number of halogens is 2. The van der Waals surface area contributed by atoms with Crippen molar-refractivity contribution in [2.45, 2.75) is 24.3 Å². The highest BCUT2D eigenvalue weighted by Crippen LogP contribution is 2.50. The average Bonchev–Trinajstić information content (AvgIpc) is 2.57. The van der Waals surface area contributed by atoms with Crippen LogP contribution in [0.15, 0.2) is 30.5 Å². The molecule has 1 saturated carbocycles. The fourth-order valence-electron chi connectivity index (χ4n) is 2.67. The van der Waals surface area contributed by atoms with Crippen molar-refractivity contribution in [3.8, 4) is 0 Å². The zero-order chi connectivity index (χ0) is 12.3. The van der Waals surface area contributed by atoms with E-state index in [0.717, 1.165) is 16.5 Å². The molecule has 2 nitrogen and oxygen atoms in total. The zero-order valence-corrected chi connectivity index (χ0v) is 9.58. The van der Waals surface area contributed by atoms with Crippen LogP contribution in [0, 0.1) is 0 Å². The fourth-order valence-corrected chi connectivity index (χ4v) is 2.67. The van der Waals surface area contributed by atoms with Gasteiger partial charge in [0.15, 0.2) is 0 Å². The predicted octanol–water partition coefficient (Wildman–Crippen LogP) is 2.76. The molecule has 1 aromatic carbocycles. The molecule has 0 spiro atoms. The SMILES string of the molecule is Cn1ccc2cc(C3(N)CC(F)(F)C3)ccc21. The van der Waals surface area contributed by atoms with E-state index in [0.29, 0.717) is 0 Å². The molecule has 3 rings (SSSR count). The van der Waals surface area contributed by atoms with E-state index >= 15 is 0 Å². The molecule has 1 aromatic heterocycles. The van der Waals surface area contributed by atoms with Crippen molar-refractivity contribution < 1.29 is 8.78 Å². The number of hydrogen-bond acceptors (Lipinski definition) is 1. The Morgan fingerprint density at radius 1 is 1.24 bits per heavy atom. The molecule has 0 radical (unpaired) electrons. The minimum Gasteiger partial charge on any atom is -0.351 e. The Bertz CT molecular complexity index is 578. The lowest BCUT2D eigenvalue weighted by Crippen LogP contribution is -2.55. The van der Waals surface area contributed by atoms with Crippen LogP contribution in [-0.4, -0.2) is 10.5 Å². The van der Waals surface area contributed by atoms with Crippen LogP contribution < -0.4 is 5.73 Å². The summed E-state index contributed by atoms with van der Waals surface area (Å²) in [6, 6.07) is 7.69. The Kier molecular flexibility index (Phi) is 1.94. The number of aryl methyl sites for hydroxylation is 1. The maximum Gasteiger partial charge on any atom is 0.252 e. The quantitative estimate of drug-likeness (QED) is 0.811. The molecule has 0 unspecified atom stereocenters. The third-order valence-electron chi connectivity index (χ3n) is 3.61. The third-order valence-corrected chi connectivity index (χ3v) is 3.61. The van der Waals surface area contributed by atoms with E-state index in [2.05, 4.69) is 0 Å². The normalized spacial score (nSPS) is 21.4. The summed E-state index contributed by atoms with van der Waals surface area (Å²) in [4.78, 5) is 0. The van der Waals surface area contributed by atoms with Gasteiger partial charge in [0.2, 0.25) is 0 Å². The van der Waals surface area contributed by atoms with Gasteiger partial charge in [-0.25, -0.2) is 8.78 Å². The molecule has 2 aromatic rings. The van der Waals surface area contributed by atoms with Crippen LogP contribution in [-0.2, 0) is 12.6 Å². The molecular formula is C13H14F2N2. The first-order chi connectivity index (χ1) is 7.90. The second kappa shape index (κ2) is 3.07. The van der Waals surface area contributed by atoms with E-state index < -0.39 is 11.5 Å². The molecule has 0 bridgehead atoms. The van der Waals surface area contributed by atoms with Gasteiger partial charge in [-0.3, -0.25) is 0 Å². The monoisotopic (exact) mass is 236 g/mol. The summed E-state index contributed by atoms with van der Waals surface area (Å²) in [5.41, 5.74) is 7.05. The van der Waals surface area contributed by atoms with Crippen LogP contribution >= 0.6 is 0 Å². The Morgan fingerprint density at radius 2 is 1.94 bits per heavy atom. The predicted molar refractivity (Wildman–Crippen MR) is 63.0 cm³/mol. The fraction of sp³-hybridized carbons (Fsp3) is 0.385. The number of alkyl halides is 2. The molecule has 4 heteroatoms. The molecular weight excluding hydrogens is 222 g/mol. The minimum atomic E-state index is -2.60. The summed E-state index contributed by atoms with van der Waals surface area (Å²) in [5, 5.41) is 1.05. The summed E-state index contributed by atoms with van der Waals surface area (Å²) >= 11 is 0. The smallest absolute Gasteiger partial charge is 0.252 e. The Balaban J connectivity index is 2.02. The molecule has 0 aliphatic heterocycles. The molecule has 0 amide bonds. The summed E-state index contributed by atoms with van der Waals surface area (Å²) in [7, 11) is 1.96. The van der Waals surface area contributed by atoms with Gasteiger partial charge in [-0.15, -0.1) is 0 Å². The van der Waals surface area contributed by atoms with Crippen molar-refractivity contribution in [3.05, 3.63) is 36.0 Å². The van der Waals surface area contributed by atoms with Gasteiger partial charge in [-0.1, -0.05) is 6.07 Å². The Morgan fingerprint density at radius 3 is 2.59 bits per heavy atom. The van der Waals surface area contributed by atoms with Gasteiger partial charge < -0.3 is 10.3 Å². The average molecular weight is 236 g/mol. The summed E-state index contributed by atoms with van der Waals surface area (Å²) in [5.74, 6) is -2.60. The first kappa shape index (κ1) is 10.7. The van der Waals surface area contributed by atoms with Gasteiger partial charge in [0.05, 0.1) is 5.54 Å². The van der Waals surface area contributed by atoms with Crippen LogP contribution in [0.5, 0.6) is 0 Å². The lowest BCUT2D eigenvalue weighted by Gasteiger charge is -2.44. The molecule has 1 aliphatic carbocycles. The first-order valence-corrected chi connectivity index (χ1v) is 5.62. The highest BCUT2D eigenvalue weighted by molar-refractivity contribution is 5.81. The van der Waals surface area contributed by atoms with E-state index in [1.165, 1.54) is 0 Å². The minimum absolute atomic E-state index is 0.252. The molecule has 0 saturated heterocycles. The van der Waals surface area contributed by atoms with Gasteiger partial charge in [0.25, 0.3) is 5.92 Å². The third kappa shape index (κ3) is 1.55. The standard InChI is InChI=1S/C13H14F2N2/c1-17-5-4-9-6-10(2-3-11(9)17)12(16)7-13(14,15)8-12/h2-6H,7-8,16H2,1H3. The van der Waals surface area contributed by atoms with Crippen molar-refractivity contribution in [2.75, 3.05) is 0 Å². The zero-order valence-electron chi connectivity index (χ0n) is 9.58. The van der Waals surface area contributed by atoms with Crippen LogP contribution in [0.2, 0.25) is 0 Å². The van der Waals surface area contributed by atoms with Crippen LogP contribution in [0.1, 0.15) is 18.4 Å². The van der Waals surface area contributed by atoms with E-state index in [1.54, 1.807) is 0 Å². The van der Waals surface area contributed by atoms with Crippen LogP contribution in [0.3, 0.4) is 0 Å². The number of hydrogen-bond donors (Lipinski definition) is 1. The lowest BCUT2D eigenvalue weighted by molar-refractivity contribution is -0.125. The van der Waals surface area contributed by atoms with Crippen molar-refractivity contribution >= 4 is 10.9 Å². The second-order valence-corrected chi connectivity index (χ2v) is 5.07. The molecule has 0 atom stereocenters. The topological polar surface area (TPSA) is 30.9 Å². The summed E-state index contributed by atoms with van der Waals surface area (Å²) < 4.78 is 27.9. The number of fused-ring (bicyclic) bond motifs is 1. The molecule has 1 aliphatic rings. The Labute approximate surface area is 98.0 Å². The van der Waals surface area contributed by atoms with Crippen molar-refractivity contribution in [3.63, 3.8) is 0 Å². The largest absolute Gasteiger partial charge is 0.351 e. The number of benzene rings is 1. The molecule has 90 valence electrons. The van der Waals surface area contributed by atoms with Gasteiger partial charge in [0, 0.05) is 31.6 Å². The van der Waals surface area contributed by atoms with Crippen molar-refractivity contribution in [1.82, 2.24) is 4.57 Å². The molecule has 2 N–H and O–H groups in total. The van der Waals surface area contributed by atoms with E-state index in [4.69, 9.17) is 5.73 Å². The first-order valence-electron chi connectivity index (χ1n) is 5.62. The van der Waals surface area contributed by atoms with E-state index in [-0.39, 0.29) is 12.8 Å². The maximum atomic E-state index is 13.0. The van der Waals surface area contributed by atoms with Gasteiger partial charge in [-0.05, 0) is 29.1 Å². The van der Waals surface area contributed by atoms with Crippen LogP contribution in [0.25, 0.3) is 10.9 Å². The number of rotatable bonds is 1. The van der Waals surface area contributed by atoms with Gasteiger partial charge in [0.1, 0.15) is 0 Å². The van der Waals surface area contributed by atoms with E-state index in [9.17, 15) is 8.78 Å². The highest BCUT2D eigenvalue weighted by atomic mass is 19.3. The Hall–Kier alpha value is -1.42. The number of aromatic nitrogens is 1. The maximum absolute atomic E-state index is 13.0. The van der Waals surface area contributed by atoms with Crippen LogP contribution in [0.4, 0.5) is 8.78 Å². The summed E-state index contributed by atoms with van der Waals surface area (Å²) in [6.07, 6.45) is 1.45. The molecule has 1 fully saturated rings. The second-order valence-electron chi connectivity index (χ2n) is 5.07. The number of nitrogens with two attached hydrogens (primary N) is 1. The molecule has 1 heterocycles. The number of nitrogens with zero attached hydrogens (tertiary/aromatic N) is 1. The van der Waals surface area contributed by atoms with Gasteiger partial charge >= 0.3 is 0 Å². The summed E-state index contributed by atoms with van der Waals surface area (Å²) in [6.45, 7) is 0. The molecule has 17 heavy (non-hydrogen) atoms. The highest BCUT2D eigenvalue weighted by Gasteiger charge is 2.55. The lowest BCUT2D eigenvalue weighted by atomic mass is 9.70. The van der Waals surface area contributed by atoms with E-state index in [1.807, 2.05) is 42.1 Å². The van der Waals surface area contributed by atoms with Crippen molar-refractivity contribution in [2.24, 2.45) is 12.8 Å².